The van der Waals surface area contributed by atoms with E-state index in [0.29, 0.717) is 5.69 Å². The molecule has 0 saturated heterocycles. The fraction of sp³-hybridized carbons (Fsp3) is 0.583. The second-order valence-corrected chi connectivity index (χ2v) is 4.68. The van der Waals surface area contributed by atoms with Crippen LogP contribution in [0.5, 0.6) is 0 Å². The van der Waals surface area contributed by atoms with E-state index in [0.717, 1.165) is 5.69 Å². The molecule has 0 aliphatic heterocycles. The standard InChI is InChI=1S/C12H19N5O/c1-7(2)10-9(14)11(16-15-10)12(18)17(4)8(3)5-6-13/h7-8H,5,14H2,1-4H3,(H,15,16). The summed E-state index contributed by atoms with van der Waals surface area (Å²) in [6, 6.07) is 1.87. The zero-order valence-electron chi connectivity index (χ0n) is 11.2. The van der Waals surface area contributed by atoms with Crippen LogP contribution in [0.4, 0.5) is 5.69 Å². The van der Waals surface area contributed by atoms with Crippen LogP contribution in [0, 0.1) is 11.3 Å². The van der Waals surface area contributed by atoms with Crippen LogP contribution in [0.1, 0.15) is 49.3 Å². The van der Waals surface area contributed by atoms with Crippen LogP contribution in [0.15, 0.2) is 0 Å². The Morgan fingerprint density at radius 2 is 2.17 bits per heavy atom. The molecular weight excluding hydrogens is 230 g/mol. The number of aromatic nitrogens is 2. The molecule has 0 aliphatic rings. The summed E-state index contributed by atoms with van der Waals surface area (Å²) in [4.78, 5) is 13.7. The van der Waals surface area contributed by atoms with Gasteiger partial charge in [0.15, 0.2) is 5.69 Å². The van der Waals surface area contributed by atoms with Gasteiger partial charge in [0.05, 0.1) is 23.9 Å². The van der Waals surface area contributed by atoms with E-state index in [1.807, 2.05) is 26.8 Å². The summed E-state index contributed by atoms with van der Waals surface area (Å²) in [5.41, 5.74) is 7.30. The molecule has 0 aliphatic carbocycles. The van der Waals surface area contributed by atoms with Gasteiger partial charge < -0.3 is 10.6 Å². The predicted octanol–water partition coefficient (Wildman–Crippen LogP) is 1.49. The second kappa shape index (κ2) is 5.54. The molecule has 0 spiro atoms. The second-order valence-electron chi connectivity index (χ2n) is 4.68. The largest absolute Gasteiger partial charge is 0.395 e. The van der Waals surface area contributed by atoms with Gasteiger partial charge in [-0.25, -0.2) is 0 Å². The lowest BCUT2D eigenvalue weighted by atomic mass is 10.1. The summed E-state index contributed by atoms with van der Waals surface area (Å²) in [7, 11) is 1.65. The Labute approximate surface area is 107 Å². The number of nitrogens with one attached hydrogen (secondary N) is 1. The summed E-state index contributed by atoms with van der Waals surface area (Å²) in [6.45, 7) is 5.76. The molecule has 0 aromatic carbocycles. The number of carbonyl (C=O) groups is 1. The average molecular weight is 249 g/mol. The first kappa shape index (κ1) is 14.0. The molecule has 0 fully saturated rings. The third-order valence-corrected chi connectivity index (χ3v) is 2.98. The Balaban J connectivity index is 2.95. The highest BCUT2D eigenvalue weighted by Gasteiger charge is 2.24. The monoisotopic (exact) mass is 249 g/mol. The van der Waals surface area contributed by atoms with Gasteiger partial charge in [0.25, 0.3) is 5.91 Å². The fourth-order valence-electron chi connectivity index (χ4n) is 1.60. The molecule has 1 atom stereocenters. The highest BCUT2D eigenvalue weighted by molar-refractivity contribution is 5.97. The Hall–Kier alpha value is -2.03. The molecule has 18 heavy (non-hydrogen) atoms. The van der Waals surface area contributed by atoms with E-state index in [1.165, 1.54) is 4.90 Å². The van der Waals surface area contributed by atoms with E-state index < -0.39 is 0 Å². The molecule has 0 bridgehead atoms. The first-order valence-corrected chi connectivity index (χ1v) is 5.88. The lowest BCUT2D eigenvalue weighted by Gasteiger charge is -2.22. The van der Waals surface area contributed by atoms with Gasteiger partial charge in [-0.3, -0.25) is 9.89 Å². The lowest BCUT2D eigenvalue weighted by Crippen LogP contribution is -2.35. The van der Waals surface area contributed by atoms with E-state index in [-0.39, 0.29) is 30.0 Å². The van der Waals surface area contributed by atoms with Crippen molar-refractivity contribution in [2.75, 3.05) is 12.8 Å². The molecule has 1 amide bonds. The molecule has 1 heterocycles. The van der Waals surface area contributed by atoms with Crippen molar-refractivity contribution in [1.29, 1.82) is 5.26 Å². The molecule has 1 aromatic heterocycles. The lowest BCUT2D eigenvalue weighted by molar-refractivity contribution is 0.0741. The fourth-order valence-corrected chi connectivity index (χ4v) is 1.60. The van der Waals surface area contributed by atoms with Gasteiger partial charge in [-0.05, 0) is 12.8 Å². The van der Waals surface area contributed by atoms with Gasteiger partial charge in [0.1, 0.15) is 0 Å². The maximum absolute atomic E-state index is 12.2. The molecule has 1 aromatic rings. The number of amides is 1. The van der Waals surface area contributed by atoms with Gasteiger partial charge in [0, 0.05) is 13.1 Å². The van der Waals surface area contributed by atoms with Crippen LogP contribution in [0.25, 0.3) is 0 Å². The van der Waals surface area contributed by atoms with Crippen LogP contribution in [0.3, 0.4) is 0 Å². The van der Waals surface area contributed by atoms with E-state index in [2.05, 4.69) is 10.2 Å². The zero-order valence-corrected chi connectivity index (χ0v) is 11.2. The van der Waals surface area contributed by atoms with Crippen molar-refractivity contribution < 1.29 is 4.79 Å². The molecule has 0 radical (unpaired) electrons. The number of rotatable bonds is 4. The highest BCUT2D eigenvalue weighted by Crippen LogP contribution is 2.23. The van der Waals surface area contributed by atoms with Gasteiger partial charge in [-0.1, -0.05) is 13.8 Å². The van der Waals surface area contributed by atoms with Gasteiger partial charge in [0.2, 0.25) is 0 Å². The summed E-state index contributed by atoms with van der Waals surface area (Å²) in [6.07, 6.45) is 0.281. The normalized spacial score (nSPS) is 12.2. The first-order chi connectivity index (χ1) is 8.40. The third kappa shape index (κ3) is 2.62. The summed E-state index contributed by atoms with van der Waals surface area (Å²) in [5, 5.41) is 15.4. The topological polar surface area (TPSA) is 98.8 Å². The molecule has 1 unspecified atom stereocenters. The van der Waals surface area contributed by atoms with Crippen molar-refractivity contribution in [2.24, 2.45) is 0 Å². The van der Waals surface area contributed by atoms with Crippen LogP contribution >= 0.6 is 0 Å². The Bertz CT molecular complexity index is 471. The first-order valence-electron chi connectivity index (χ1n) is 5.88. The van der Waals surface area contributed by atoms with Crippen LogP contribution in [-0.4, -0.2) is 34.1 Å². The number of aromatic amines is 1. The zero-order chi connectivity index (χ0) is 13.9. The van der Waals surface area contributed by atoms with Crippen molar-refractivity contribution in [1.82, 2.24) is 15.1 Å². The highest BCUT2D eigenvalue weighted by atomic mass is 16.2. The minimum atomic E-state index is -0.265. The predicted molar refractivity (Wildman–Crippen MR) is 68.9 cm³/mol. The van der Waals surface area contributed by atoms with Crippen LogP contribution in [-0.2, 0) is 0 Å². The van der Waals surface area contributed by atoms with Crippen molar-refractivity contribution in [2.45, 2.75) is 39.2 Å². The van der Waals surface area contributed by atoms with E-state index in [9.17, 15) is 4.79 Å². The Morgan fingerprint density at radius 3 is 2.61 bits per heavy atom. The molecule has 6 nitrogen and oxygen atoms in total. The summed E-state index contributed by atoms with van der Waals surface area (Å²) < 4.78 is 0. The maximum Gasteiger partial charge on any atom is 0.276 e. The summed E-state index contributed by atoms with van der Waals surface area (Å²) in [5.74, 6) is -0.0840. The number of nitrogen functional groups attached to an aromatic ring is 1. The number of anilines is 1. The number of hydrogen-bond acceptors (Lipinski definition) is 4. The Morgan fingerprint density at radius 1 is 1.56 bits per heavy atom. The number of nitriles is 1. The van der Waals surface area contributed by atoms with E-state index in [4.69, 9.17) is 11.0 Å². The number of nitrogens with zero attached hydrogens (tertiary/aromatic N) is 3. The van der Waals surface area contributed by atoms with Crippen molar-refractivity contribution in [3.05, 3.63) is 11.4 Å². The number of carbonyl (C=O) groups excluding carboxylic acids is 1. The summed E-state index contributed by atoms with van der Waals surface area (Å²) >= 11 is 0. The quantitative estimate of drug-likeness (QED) is 0.844. The number of nitrogens with two attached hydrogens (primary N) is 1. The van der Waals surface area contributed by atoms with Gasteiger partial charge >= 0.3 is 0 Å². The molecular formula is C12H19N5O. The van der Waals surface area contributed by atoms with Crippen molar-refractivity contribution in [3.8, 4) is 6.07 Å². The average Bonchev–Trinajstić information content (AvgIpc) is 2.69. The molecule has 3 N–H and O–H groups in total. The SMILES string of the molecule is CC(C)c1[nH]nc(C(=O)N(C)C(C)CC#N)c1N. The van der Waals surface area contributed by atoms with Gasteiger partial charge in [-0.2, -0.15) is 10.4 Å². The molecule has 6 heteroatoms. The third-order valence-electron chi connectivity index (χ3n) is 2.98. The van der Waals surface area contributed by atoms with Crippen LogP contribution < -0.4 is 5.73 Å². The van der Waals surface area contributed by atoms with Crippen molar-refractivity contribution in [3.63, 3.8) is 0 Å². The minimum absolute atomic E-state index is 0.166. The molecule has 1 rings (SSSR count). The number of H-pyrrole nitrogens is 1. The van der Waals surface area contributed by atoms with Gasteiger partial charge in [-0.15, -0.1) is 0 Å². The Kier molecular flexibility index (Phi) is 4.32. The van der Waals surface area contributed by atoms with Crippen LogP contribution in [0.2, 0.25) is 0 Å². The minimum Gasteiger partial charge on any atom is -0.395 e. The van der Waals surface area contributed by atoms with E-state index in [1.54, 1.807) is 7.05 Å². The maximum atomic E-state index is 12.2. The smallest absolute Gasteiger partial charge is 0.276 e. The molecule has 98 valence electrons. The molecule has 0 saturated carbocycles. The number of hydrogen-bond donors (Lipinski definition) is 2. The van der Waals surface area contributed by atoms with Crippen molar-refractivity contribution >= 4 is 11.6 Å². The van der Waals surface area contributed by atoms with E-state index >= 15 is 0 Å².